The smallest absolute Gasteiger partial charge is 0.226 e. The van der Waals surface area contributed by atoms with Crippen LogP contribution in [0.1, 0.15) is 19.3 Å². The fourth-order valence-electron chi connectivity index (χ4n) is 2.96. The van der Waals surface area contributed by atoms with Crippen LogP contribution in [-0.4, -0.2) is 59.5 Å². The Labute approximate surface area is 133 Å². The van der Waals surface area contributed by atoms with Crippen molar-refractivity contribution in [2.24, 2.45) is 0 Å². The standard InChI is InChI=1S/C15H21BrN4O/c1-19-8-9-20(11-15(19)4-5-15)7-3-14(21)18-13-10-12(16)2-6-17-13/h2,6,10H,3-5,7-9,11H2,1H3,(H,17,18,21). The Hall–Kier alpha value is -0.980. The minimum atomic E-state index is 0.0318. The summed E-state index contributed by atoms with van der Waals surface area (Å²) in [7, 11) is 2.22. The number of hydrogen-bond donors (Lipinski definition) is 1. The molecule has 1 N–H and O–H groups in total. The lowest BCUT2D eigenvalue weighted by Gasteiger charge is -2.40. The van der Waals surface area contributed by atoms with Gasteiger partial charge in [-0.3, -0.25) is 14.6 Å². The van der Waals surface area contributed by atoms with Crippen molar-refractivity contribution in [2.45, 2.75) is 24.8 Å². The number of amides is 1. The van der Waals surface area contributed by atoms with Crippen molar-refractivity contribution in [1.29, 1.82) is 0 Å². The molecule has 0 unspecified atom stereocenters. The van der Waals surface area contributed by atoms with E-state index < -0.39 is 0 Å². The quantitative estimate of drug-likeness (QED) is 0.899. The minimum absolute atomic E-state index is 0.0318. The van der Waals surface area contributed by atoms with E-state index in [9.17, 15) is 4.79 Å². The summed E-state index contributed by atoms with van der Waals surface area (Å²) in [6.45, 7) is 4.09. The van der Waals surface area contributed by atoms with Crippen LogP contribution in [0.4, 0.5) is 5.82 Å². The van der Waals surface area contributed by atoms with E-state index in [1.54, 1.807) is 6.20 Å². The second kappa shape index (κ2) is 6.02. The Morgan fingerprint density at radius 1 is 1.48 bits per heavy atom. The molecule has 0 radical (unpaired) electrons. The molecule has 1 saturated heterocycles. The Bertz CT molecular complexity index is 532. The van der Waals surface area contributed by atoms with E-state index in [4.69, 9.17) is 0 Å². The second-order valence-electron chi connectivity index (χ2n) is 6.08. The number of anilines is 1. The first kappa shape index (κ1) is 14.9. The average molecular weight is 353 g/mol. The van der Waals surface area contributed by atoms with Crippen LogP contribution < -0.4 is 5.32 Å². The zero-order valence-corrected chi connectivity index (χ0v) is 13.9. The molecule has 2 fully saturated rings. The highest BCUT2D eigenvalue weighted by atomic mass is 79.9. The maximum Gasteiger partial charge on any atom is 0.226 e. The van der Waals surface area contributed by atoms with Gasteiger partial charge in [0, 0.05) is 48.8 Å². The molecule has 1 spiro atoms. The van der Waals surface area contributed by atoms with Crippen molar-refractivity contribution in [2.75, 3.05) is 38.5 Å². The van der Waals surface area contributed by atoms with Gasteiger partial charge in [0.15, 0.2) is 0 Å². The summed E-state index contributed by atoms with van der Waals surface area (Å²) in [5.41, 5.74) is 0.417. The zero-order valence-electron chi connectivity index (χ0n) is 12.3. The van der Waals surface area contributed by atoms with Crippen LogP contribution in [0, 0.1) is 0 Å². The van der Waals surface area contributed by atoms with Gasteiger partial charge in [-0.05, 0) is 32.0 Å². The Balaban J connectivity index is 1.46. The van der Waals surface area contributed by atoms with Crippen LogP contribution >= 0.6 is 15.9 Å². The van der Waals surface area contributed by atoms with Gasteiger partial charge in [0.1, 0.15) is 5.82 Å². The van der Waals surface area contributed by atoms with Gasteiger partial charge < -0.3 is 5.32 Å². The lowest BCUT2D eigenvalue weighted by atomic mass is 10.1. The molecule has 5 nitrogen and oxygen atoms in total. The summed E-state index contributed by atoms with van der Waals surface area (Å²) >= 11 is 3.37. The third kappa shape index (κ3) is 3.62. The van der Waals surface area contributed by atoms with E-state index in [0.29, 0.717) is 17.8 Å². The van der Waals surface area contributed by atoms with Crippen LogP contribution in [0.3, 0.4) is 0 Å². The van der Waals surface area contributed by atoms with Gasteiger partial charge in [-0.25, -0.2) is 4.98 Å². The van der Waals surface area contributed by atoms with Gasteiger partial charge in [0.25, 0.3) is 0 Å². The Morgan fingerprint density at radius 2 is 2.29 bits per heavy atom. The first-order valence-corrected chi connectivity index (χ1v) is 8.22. The molecule has 1 amide bonds. The molecule has 1 aromatic rings. The van der Waals surface area contributed by atoms with Crippen molar-refractivity contribution >= 4 is 27.7 Å². The van der Waals surface area contributed by atoms with E-state index in [1.165, 1.54) is 12.8 Å². The van der Waals surface area contributed by atoms with Gasteiger partial charge in [-0.1, -0.05) is 15.9 Å². The number of halogens is 1. The predicted octanol–water partition coefficient (Wildman–Crippen LogP) is 1.95. The molecule has 1 aromatic heterocycles. The number of hydrogen-bond acceptors (Lipinski definition) is 4. The van der Waals surface area contributed by atoms with E-state index in [2.05, 4.69) is 43.1 Å². The average Bonchev–Trinajstić information content (AvgIpc) is 3.21. The monoisotopic (exact) mass is 352 g/mol. The zero-order chi connectivity index (χ0) is 14.9. The highest BCUT2D eigenvalue weighted by molar-refractivity contribution is 9.10. The first-order valence-electron chi connectivity index (χ1n) is 7.42. The molecule has 6 heteroatoms. The van der Waals surface area contributed by atoms with Crippen molar-refractivity contribution in [1.82, 2.24) is 14.8 Å². The molecule has 0 bridgehead atoms. The van der Waals surface area contributed by atoms with Crippen LogP contribution in [0.25, 0.3) is 0 Å². The van der Waals surface area contributed by atoms with Crippen LogP contribution in [0.2, 0.25) is 0 Å². The number of likely N-dealkylation sites (N-methyl/N-ethyl adjacent to an activating group) is 1. The second-order valence-corrected chi connectivity index (χ2v) is 7.00. The Kier molecular flexibility index (Phi) is 4.28. The van der Waals surface area contributed by atoms with Crippen LogP contribution in [0.5, 0.6) is 0 Å². The van der Waals surface area contributed by atoms with Crippen molar-refractivity contribution in [3.63, 3.8) is 0 Å². The number of pyridine rings is 1. The third-order valence-electron chi connectivity index (χ3n) is 4.55. The molecule has 114 valence electrons. The molecule has 1 saturated carbocycles. The topological polar surface area (TPSA) is 48.5 Å². The molecule has 21 heavy (non-hydrogen) atoms. The fraction of sp³-hybridized carbons (Fsp3) is 0.600. The number of nitrogens with one attached hydrogen (secondary N) is 1. The lowest BCUT2D eigenvalue weighted by molar-refractivity contribution is -0.116. The van der Waals surface area contributed by atoms with E-state index >= 15 is 0 Å². The van der Waals surface area contributed by atoms with Gasteiger partial charge in [0.05, 0.1) is 0 Å². The normalized spacial score (nSPS) is 21.4. The largest absolute Gasteiger partial charge is 0.311 e. The summed E-state index contributed by atoms with van der Waals surface area (Å²) in [6.07, 6.45) is 4.80. The Morgan fingerprint density at radius 3 is 3.00 bits per heavy atom. The fourth-order valence-corrected chi connectivity index (χ4v) is 3.29. The highest BCUT2D eigenvalue weighted by Gasteiger charge is 2.49. The molecule has 1 aliphatic carbocycles. The molecule has 1 aliphatic heterocycles. The van der Waals surface area contributed by atoms with Gasteiger partial charge >= 0.3 is 0 Å². The summed E-state index contributed by atoms with van der Waals surface area (Å²) in [5, 5.41) is 2.85. The molecular weight excluding hydrogens is 332 g/mol. The summed E-state index contributed by atoms with van der Waals surface area (Å²) in [4.78, 5) is 21.0. The number of carbonyl (C=O) groups is 1. The molecule has 0 atom stereocenters. The molecule has 0 aromatic carbocycles. The number of carbonyl (C=O) groups excluding carboxylic acids is 1. The van der Waals surface area contributed by atoms with Gasteiger partial charge in [0.2, 0.25) is 5.91 Å². The first-order chi connectivity index (χ1) is 10.1. The van der Waals surface area contributed by atoms with E-state index in [1.807, 2.05) is 12.1 Å². The van der Waals surface area contributed by atoms with Gasteiger partial charge in [-0.2, -0.15) is 0 Å². The minimum Gasteiger partial charge on any atom is -0.311 e. The summed E-state index contributed by atoms with van der Waals surface area (Å²) in [5.74, 6) is 0.635. The maximum absolute atomic E-state index is 12.0. The van der Waals surface area contributed by atoms with Crippen molar-refractivity contribution < 1.29 is 4.79 Å². The molecule has 2 heterocycles. The molecule has 3 rings (SSSR count). The number of aromatic nitrogens is 1. The van der Waals surface area contributed by atoms with Crippen molar-refractivity contribution in [3.05, 3.63) is 22.8 Å². The third-order valence-corrected chi connectivity index (χ3v) is 5.04. The molecule has 2 aliphatic rings. The predicted molar refractivity (Wildman–Crippen MR) is 86.2 cm³/mol. The van der Waals surface area contributed by atoms with Crippen LogP contribution in [-0.2, 0) is 4.79 Å². The summed E-state index contributed by atoms with van der Waals surface area (Å²) < 4.78 is 0.919. The summed E-state index contributed by atoms with van der Waals surface area (Å²) in [6, 6.07) is 3.65. The number of rotatable bonds is 4. The molecular formula is C15H21BrN4O. The van der Waals surface area contributed by atoms with Crippen LogP contribution in [0.15, 0.2) is 22.8 Å². The highest BCUT2D eigenvalue weighted by Crippen LogP contribution is 2.43. The lowest BCUT2D eigenvalue weighted by Crippen LogP contribution is -2.53. The SMILES string of the molecule is CN1CCN(CCC(=O)Nc2cc(Br)ccn2)CC12CC2. The van der Waals surface area contributed by atoms with E-state index in [-0.39, 0.29) is 5.91 Å². The van der Waals surface area contributed by atoms with Crippen molar-refractivity contribution in [3.8, 4) is 0 Å². The number of piperazine rings is 1. The van der Waals surface area contributed by atoms with E-state index in [0.717, 1.165) is 30.7 Å². The number of nitrogens with zero attached hydrogens (tertiary/aromatic N) is 3. The van der Waals surface area contributed by atoms with Gasteiger partial charge in [-0.15, -0.1) is 0 Å². The maximum atomic E-state index is 12.0.